The van der Waals surface area contributed by atoms with E-state index in [-0.39, 0.29) is 24.0 Å². The molecule has 0 amide bonds. The van der Waals surface area contributed by atoms with Crippen molar-refractivity contribution in [3.05, 3.63) is 58.7 Å². The van der Waals surface area contributed by atoms with Crippen LogP contribution in [0.3, 0.4) is 0 Å². The average molecular weight is 475 g/mol. The molecule has 0 saturated heterocycles. The molecule has 2 rings (SSSR count). The van der Waals surface area contributed by atoms with E-state index in [1.807, 2.05) is 36.4 Å². The molecule has 5 nitrogen and oxygen atoms in total. The molecule has 0 bridgehead atoms. The first-order chi connectivity index (χ1) is 11.7. The van der Waals surface area contributed by atoms with Gasteiger partial charge in [-0.1, -0.05) is 42.8 Å². The minimum Gasteiger partial charge on any atom is -0.477 e. The van der Waals surface area contributed by atoms with Crippen LogP contribution in [0.25, 0.3) is 0 Å². The Balaban J connectivity index is 0.00000312. The number of benzene rings is 1. The van der Waals surface area contributed by atoms with Crippen LogP contribution in [0.15, 0.2) is 47.6 Å². The second kappa shape index (κ2) is 11.9. The number of ether oxygens (including phenoxy) is 1. The summed E-state index contributed by atoms with van der Waals surface area (Å²) < 4.78 is 5.67. The van der Waals surface area contributed by atoms with Crippen molar-refractivity contribution in [2.75, 3.05) is 13.7 Å². The molecule has 0 aliphatic rings. The summed E-state index contributed by atoms with van der Waals surface area (Å²) in [6, 6.07) is 11.6. The highest BCUT2D eigenvalue weighted by Gasteiger charge is 2.06. The molecule has 0 saturated carbocycles. The predicted octanol–water partition coefficient (Wildman–Crippen LogP) is 4.01. The second-order valence-electron chi connectivity index (χ2n) is 5.19. The van der Waals surface area contributed by atoms with Crippen LogP contribution in [0.5, 0.6) is 5.88 Å². The Morgan fingerprint density at radius 3 is 2.48 bits per heavy atom. The molecule has 0 fully saturated rings. The highest BCUT2D eigenvalue weighted by atomic mass is 127. The lowest BCUT2D eigenvalue weighted by molar-refractivity contribution is 0.301. The maximum absolute atomic E-state index is 6.17. The fourth-order valence-corrected chi connectivity index (χ4v) is 2.31. The number of pyridine rings is 1. The minimum atomic E-state index is 0. The Morgan fingerprint density at radius 1 is 1.12 bits per heavy atom. The number of halogens is 2. The summed E-state index contributed by atoms with van der Waals surface area (Å²) >= 11 is 6.17. The Morgan fingerprint density at radius 2 is 1.80 bits per heavy atom. The van der Waals surface area contributed by atoms with Crippen LogP contribution in [-0.4, -0.2) is 24.6 Å². The normalized spacial score (nSPS) is 10.8. The highest BCUT2D eigenvalue weighted by Crippen LogP contribution is 2.15. The zero-order valence-corrected chi connectivity index (χ0v) is 17.5. The van der Waals surface area contributed by atoms with Gasteiger partial charge in [0.15, 0.2) is 5.96 Å². The second-order valence-corrected chi connectivity index (χ2v) is 5.59. The van der Waals surface area contributed by atoms with Gasteiger partial charge in [0.25, 0.3) is 0 Å². The van der Waals surface area contributed by atoms with Gasteiger partial charge in [-0.2, -0.15) is 0 Å². The molecule has 2 aromatic rings. The first-order valence-corrected chi connectivity index (χ1v) is 8.37. The van der Waals surface area contributed by atoms with E-state index >= 15 is 0 Å². The zero-order chi connectivity index (χ0) is 17.2. The van der Waals surface area contributed by atoms with Crippen molar-refractivity contribution in [3.8, 4) is 5.88 Å². The van der Waals surface area contributed by atoms with Crippen LogP contribution in [0.2, 0.25) is 5.02 Å². The predicted molar refractivity (Wildman–Crippen MR) is 114 cm³/mol. The Labute approximate surface area is 171 Å². The summed E-state index contributed by atoms with van der Waals surface area (Å²) in [4.78, 5) is 8.51. The number of hydrogen-bond donors (Lipinski definition) is 2. The van der Waals surface area contributed by atoms with Gasteiger partial charge < -0.3 is 15.4 Å². The molecule has 1 heterocycles. The van der Waals surface area contributed by atoms with Crippen molar-refractivity contribution in [1.82, 2.24) is 15.6 Å². The maximum Gasteiger partial charge on any atom is 0.218 e. The molecule has 136 valence electrons. The van der Waals surface area contributed by atoms with E-state index in [4.69, 9.17) is 16.3 Å². The van der Waals surface area contributed by atoms with Gasteiger partial charge in [0, 0.05) is 36.9 Å². The molecular weight excluding hydrogens is 451 g/mol. The number of nitrogens with one attached hydrogen (secondary N) is 2. The molecule has 2 N–H and O–H groups in total. The van der Waals surface area contributed by atoms with Crippen LogP contribution in [0, 0.1) is 0 Å². The number of rotatable bonds is 7. The summed E-state index contributed by atoms with van der Waals surface area (Å²) in [5, 5.41) is 7.26. The molecule has 25 heavy (non-hydrogen) atoms. The molecule has 0 unspecified atom stereocenters. The van der Waals surface area contributed by atoms with Gasteiger partial charge in [0.2, 0.25) is 5.88 Å². The zero-order valence-electron chi connectivity index (χ0n) is 14.5. The molecule has 0 radical (unpaired) electrons. The Kier molecular flexibility index (Phi) is 10.3. The minimum absolute atomic E-state index is 0. The molecule has 0 aliphatic heterocycles. The number of aromatic nitrogens is 1. The van der Waals surface area contributed by atoms with Crippen LogP contribution in [-0.2, 0) is 13.1 Å². The number of hydrogen-bond acceptors (Lipinski definition) is 3. The standard InChI is InChI=1S/C18H23ClN4O.HI/c1-3-11-24-17-15(8-6-10-21-17)13-23-18(20-2)22-12-14-7-4-5-9-16(14)19;/h4-10H,3,11-13H2,1-2H3,(H2,20,22,23);1H. The number of nitrogens with zero attached hydrogens (tertiary/aromatic N) is 2. The van der Waals surface area contributed by atoms with Crippen molar-refractivity contribution in [2.45, 2.75) is 26.4 Å². The van der Waals surface area contributed by atoms with Crippen molar-refractivity contribution in [2.24, 2.45) is 4.99 Å². The molecule has 1 aromatic carbocycles. The fraction of sp³-hybridized carbons (Fsp3) is 0.333. The fourth-order valence-electron chi connectivity index (χ4n) is 2.11. The van der Waals surface area contributed by atoms with Crippen LogP contribution in [0.1, 0.15) is 24.5 Å². The molecular formula is C18H24ClIN4O. The SMILES string of the molecule is CCCOc1ncccc1CNC(=NC)NCc1ccccc1Cl.I. The lowest BCUT2D eigenvalue weighted by Gasteiger charge is -2.14. The Hall–Kier alpha value is -1.54. The number of aliphatic imine (C=N–C) groups is 1. The summed E-state index contributed by atoms with van der Waals surface area (Å²) in [7, 11) is 1.74. The van der Waals surface area contributed by atoms with Crippen LogP contribution >= 0.6 is 35.6 Å². The van der Waals surface area contributed by atoms with Crippen LogP contribution < -0.4 is 15.4 Å². The van der Waals surface area contributed by atoms with Gasteiger partial charge in [0.05, 0.1) is 6.61 Å². The van der Waals surface area contributed by atoms with E-state index < -0.39 is 0 Å². The third-order valence-electron chi connectivity index (χ3n) is 3.37. The Bertz CT molecular complexity index is 682. The van der Waals surface area contributed by atoms with Gasteiger partial charge in [-0.15, -0.1) is 24.0 Å². The highest BCUT2D eigenvalue weighted by molar-refractivity contribution is 14.0. The van der Waals surface area contributed by atoms with Gasteiger partial charge in [-0.25, -0.2) is 4.98 Å². The summed E-state index contributed by atoms with van der Waals surface area (Å²) in [6.07, 6.45) is 2.68. The first kappa shape index (κ1) is 21.5. The smallest absolute Gasteiger partial charge is 0.218 e. The van der Waals surface area contributed by atoms with Crippen LogP contribution in [0.4, 0.5) is 0 Å². The summed E-state index contributed by atoms with van der Waals surface area (Å²) in [6.45, 7) is 3.91. The van der Waals surface area contributed by atoms with E-state index in [9.17, 15) is 0 Å². The third-order valence-corrected chi connectivity index (χ3v) is 3.74. The van der Waals surface area contributed by atoms with Crippen molar-refractivity contribution < 1.29 is 4.74 Å². The monoisotopic (exact) mass is 474 g/mol. The molecule has 0 atom stereocenters. The van der Waals surface area contributed by atoms with E-state index in [0.717, 1.165) is 22.6 Å². The van der Waals surface area contributed by atoms with E-state index in [1.165, 1.54) is 0 Å². The maximum atomic E-state index is 6.17. The molecule has 7 heteroatoms. The van der Waals surface area contributed by atoms with E-state index in [2.05, 4.69) is 27.5 Å². The van der Waals surface area contributed by atoms with Crippen molar-refractivity contribution >= 4 is 41.5 Å². The lowest BCUT2D eigenvalue weighted by atomic mass is 10.2. The van der Waals surface area contributed by atoms with Gasteiger partial charge in [0.1, 0.15) is 0 Å². The van der Waals surface area contributed by atoms with E-state index in [1.54, 1.807) is 13.2 Å². The average Bonchev–Trinajstić information content (AvgIpc) is 2.62. The number of guanidine groups is 1. The summed E-state index contributed by atoms with van der Waals surface area (Å²) in [5.41, 5.74) is 2.02. The quantitative estimate of drug-likeness (QED) is 0.362. The van der Waals surface area contributed by atoms with Gasteiger partial charge in [-0.05, 0) is 24.1 Å². The van der Waals surface area contributed by atoms with Gasteiger partial charge in [-0.3, -0.25) is 4.99 Å². The topological polar surface area (TPSA) is 58.5 Å². The lowest BCUT2D eigenvalue weighted by Crippen LogP contribution is -2.36. The third kappa shape index (κ3) is 7.07. The van der Waals surface area contributed by atoms with Gasteiger partial charge >= 0.3 is 0 Å². The van der Waals surface area contributed by atoms with Crippen molar-refractivity contribution in [3.63, 3.8) is 0 Å². The van der Waals surface area contributed by atoms with E-state index in [0.29, 0.717) is 31.5 Å². The van der Waals surface area contributed by atoms with Crippen molar-refractivity contribution in [1.29, 1.82) is 0 Å². The summed E-state index contributed by atoms with van der Waals surface area (Å²) in [5.74, 6) is 1.36. The molecule has 0 aliphatic carbocycles. The molecule has 0 spiro atoms. The molecule has 1 aromatic heterocycles. The first-order valence-electron chi connectivity index (χ1n) is 7.99. The largest absolute Gasteiger partial charge is 0.477 e.